The lowest BCUT2D eigenvalue weighted by Crippen LogP contribution is -2.65. The van der Waals surface area contributed by atoms with Crippen LogP contribution in [0.1, 0.15) is 69.8 Å². The van der Waals surface area contributed by atoms with Crippen molar-refractivity contribution in [3.05, 3.63) is 47.7 Å². The molecule has 3 aliphatic heterocycles. The lowest BCUT2D eigenvalue weighted by molar-refractivity contribution is -0.128. The number of nitrogens with zero attached hydrogens (tertiary/aromatic N) is 4. The molecule has 0 radical (unpaired) electrons. The van der Waals surface area contributed by atoms with E-state index in [1.54, 1.807) is 6.20 Å². The highest BCUT2D eigenvalue weighted by Gasteiger charge is 2.38. The van der Waals surface area contributed by atoms with Gasteiger partial charge in [-0.2, -0.15) is 0 Å². The molecular formula is C34H53N7O4. The number of piperazine rings is 1. The van der Waals surface area contributed by atoms with Crippen molar-refractivity contribution >= 4 is 5.91 Å². The number of hydrogen-bond donors (Lipinski definition) is 4. The van der Waals surface area contributed by atoms with E-state index in [2.05, 4.69) is 68.5 Å². The summed E-state index contributed by atoms with van der Waals surface area (Å²) in [5.41, 5.74) is 2.70. The number of nitrogens with one attached hydrogen (secondary N) is 3. The average molecular weight is 624 g/mol. The largest absolute Gasteiger partial charge is 0.486 e. The van der Waals surface area contributed by atoms with Crippen molar-refractivity contribution in [2.45, 2.75) is 102 Å². The SMILES string of the molecule is CC(C)(C)N1CCN(C2CC(C(=O)NC[C@H](O)CN3CCc4cc(OCc5cnco5)ccc4C3)CC(NC3CCC3)N2)CC1. The summed E-state index contributed by atoms with van der Waals surface area (Å²) in [6.07, 6.45) is 8.96. The molecule has 4 N–H and O–H groups in total. The molecule has 1 aromatic carbocycles. The van der Waals surface area contributed by atoms with Gasteiger partial charge in [0, 0.05) is 69.9 Å². The van der Waals surface area contributed by atoms with Crippen LogP contribution in [-0.4, -0.2) is 107 Å². The van der Waals surface area contributed by atoms with Crippen LogP contribution in [0, 0.1) is 5.92 Å². The summed E-state index contributed by atoms with van der Waals surface area (Å²) in [5, 5.41) is 21.7. The van der Waals surface area contributed by atoms with Crippen LogP contribution in [-0.2, 0) is 24.4 Å². The van der Waals surface area contributed by atoms with Gasteiger partial charge in [-0.25, -0.2) is 4.98 Å². The van der Waals surface area contributed by atoms with E-state index in [-0.39, 0.29) is 36.2 Å². The maximum absolute atomic E-state index is 13.5. The first-order valence-corrected chi connectivity index (χ1v) is 17.0. The van der Waals surface area contributed by atoms with Gasteiger partial charge >= 0.3 is 0 Å². The quantitative estimate of drug-likeness (QED) is 0.297. The Morgan fingerprint density at radius 2 is 1.98 bits per heavy atom. The van der Waals surface area contributed by atoms with E-state index in [0.717, 1.165) is 64.3 Å². The molecule has 4 atom stereocenters. The molecule has 11 nitrogen and oxygen atoms in total. The summed E-state index contributed by atoms with van der Waals surface area (Å²) >= 11 is 0. The van der Waals surface area contributed by atoms with Gasteiger partial charge in [0.25, 0.3) is 0 Å². The van der Waals surface area contributed by atoms with Gasteiger partial charge in [0.05, 0.1) is 24.6 Å². The first-order chi connectivity index (χ1) is 21.7. The summed E-state index contributed by atoms with van der Waals surface area (Å²) < 4.78 is 11.1. The molecule has 1 aromatic heterocycles. The number of rotatable bonds is 11. The van der Waals surface area contributed by atoms with Crippen LogP contribution in [0.4, 0.5) is 0 Å². The minimum atomic E-state index is -0.619. The molecule has 1 amide bonds. The molecule has 1 saturated carbocycles. The number of carbonyl (C=O) groups excluding carboxylic acids is 1. The van der Waals surface area contributed by atoms with Crippen LogP contribution in [0.3, 0.4) is 0 Å². The number of hydrogen-bond acceptors (Lipinski definition) is 10. The fourth-order valence-electron chi connectivity index (χ4n) is 7.19. The van der Waals surface area contributed by atoms with Crippen LogP contribution in [0.15, 0.2) is 35.2 Å². The lowest BCUT2D eigenvalue weighted by atomic mass is 9.88. The number of benzene rings is 1. The molecule has 0 spiro atoms. The van der Waals surface area contributed by atoms with Crippen molar-refractivity contribution in [1.29, 1.82) is 0 Å². The van der Waals surface area contributed by atoms with E-state index in [1.165, 1.54) is 36.8 Å². The molecule has 11 heteroatoms. The molecule has 2 saturated heterocycles. The molecule has 248 valence electrons. The Hall–Kier alpha value is -2.54. The third kappa shape index (κ3) is 8.64. The van der Waals surface area contributed by atoms with Gasteiger partial charge in [-0.05, 0) is 76.1 Å². The van der Waals surface area contributed by atoms with E-state index in [9.17, 15) is 9.90 Å². The number of aliphatic hydroxyl groups is 1. The van der Waals surface area contributed by atoms with E-state index >= 15 is 0 Å². The Balaban J connectivity index is 0.971. The number of β-amino-alcohol motifs (C(OH)–C–C–N with tert-alkyl or cyclic N) is 1. The van der Waals surface area contributed by atoms with Crippen LogP contribution >= 0.6 is 0 Å². The standard InChI is InChI=1S/C34H53N7O4/c1-34(2,3)41-13-11-40(12-14-41)32-17-26(16-31(38-32)37-27-5-4-6-27)33(43)36-18-28(42)21-39-10-9-24-15-29(8-7-25(24)20-39)44-22-30-19-35-23-45-30/h7-8,15,19,23,26-28,31-32,37-38,42H,4-6,9-14,16-18,20-22H2,1-3H3,(H,36,43)/t26?,28-,31?,32?/m0/s1. The predicted octanol–water partition coefficient (Wildman–Crippen LogP) is 2.30. The van der Waals surface area contributed by atoms with Crippen molar-refractivity contribution in [3.8, 4) is 5.75 Å². The maximum atomic E-state index is 13.5. The third-order valence-corrected chi connectivity index (χ3v) is 10.2. The molecule has 45 heavy (non-hydrogen) atoms. The predicted molar refractivity (Wildman–Crippen MR) is 172 cm³/mol. The Bertz CT molecular complexity index is 1240. The number of ether oxygens (including phenoxy) is 1. The second kappa shape index (κ2) is 14.5. The molecule has 6 rings (SSSR count). The fourth-order valence-corrected chi connectivity index (χ4v) is 7.19. The molecule has 4 aliphatic rings. The highest BCUT2D eigenvalue weighted by Crippen LogP contribution is 2.27. The number of fused-ring (bicyclic) bond motifs is 1. The van der Waals surface area contributed by atoms with Crippen molar-refractivity contribution in [1.82, 2.24) is 35.6 Å². The number of aromatic nitrogens is 1. The summed E-state index contributed by atoms with van der Waals surface area (Å²) in [5.74, 6) is 1.50. The number of aliphatic hydroxyl groups excluding tert-OH is 1. The smallest absolute Gasteiger partial charge is 0.223 e. The lowest BCUT2D eigenvalue weighted by Gasteiger charge is -2.48. The first kappa shape index (κ1) is 32.4. The van der Waals surface area contributed by atoms with Gasteiger partial charge < -0.3 is 19.6 Å². The normalized spacial score (nSPS) is 26.2. The molecule has 4 heterocycles. The van der Waals surface area contributed by atoms with Gasteiger partial charge in [-0.3, -0.25) is 30.1 Å². The average Bonchev–Trinajstić information content (AvgIpc) is 3.54. The zero-order chi connectivity index (χ0) is 31.4. The zero-order valence-electron chi connectivity index (χ0n) is 27.3. The van der Waals surface area contributed by atoms with Crippen molar-refractivity contribution in [3.63, 3.8) is 0 Å². The second-order valence-electron chi connectivity index (χ2n) is 14.5. The topological polar surface area (TPSA) is 118 Å². The third-order valence-electron chi connectivity index (χ3n) is 10.2. The molecule has 2 aromatic rings. The number of oxazole rings is 1. The molecule has 1 aliphatic carbocycles. The number of carbonyl (C=O) groups is 1. The number of amides is 1. The van der Waals surface area contributed by atoms with E-state index in [4.69, 9.17) is 9.15 Å². The highest BCUT2D eigenvalue weighted by atomic mass is 16.5. The van der Waals surface area contributed by atoms with Crippen molar-refractivity contribution in [2.75, 3.05) is 45.8 Å². The highest BCUT2D eigenvalue weighted by molar-refractivity contribution is 5.78. The minimum absolute atomic E-state index is 0.0659. The van der Waals surface area contributed by atoms with Crippen molar-refractivity contribution < 1.29 is 19.1 Å². The van der Waals surface area contributed by atoms with Gasteiger partial charge in [-0.1, -0.05) is 12.5 Å². The van der Waals surface area contributed by atoms with E-state index in [1.807, 2.05) is 6.07 Å². The Morgan fingerprint density at radius 1 is 1.16 bits per heavy atom. The number of piperidine rings is 1. The van der Waals surface area contributed by atoms with Crippen LogP contribution < -0.4 is 20.7 Å². The minimum Gasteiger partial charge on any atom is -0.486 e. The maximum Gasteiger partial charge on any atom is 0.223 e. The molecule has 3 unspecified atom stereocenters. The van der Waals surface area contributed by atoms with Gasteiger partial charge in [0.15, 0.2) is 12.2 Å². The van der Waals surface area contributed by atoms with Gasteiger partial charge in [0.2, 0.25) is 5.91 Å². The van der Waals surface area contributed by atoms with Crippen LogP contribution in [0.25, 0.3) is 0 Å². The molecule has 3 fully saturated rings. The summed E-state index contributed by atoms with van der Waals surface area (Å²) in [4.78, 5) is 24.8. The molecular weight excluding hydrogens is 570 g/mol. The Kier molecular flexibility index (Phi) is 10.4. The summed E-state index contributed by atoms with van der Waals surface area (Å²) in [7, 11) is 0. The fraction of sp³-hybridized carbons (Fsp3) is 0.706. The van der Waals surface area contributed by atoms with Crippen LogP contribution in [0.2, 0.25) is 0 Å². The van der Waals surface area contributed by atoms with E-state index in [0.29, 0.717) is 25.0 Å². The van der Waals surface area contributed by atoms with Crippen LogP contribution in [0.5, 0.6) is 5.75 Å². The monoisotopic (exact) mass is 623 g/mol. The zero-order valence-corrected chi connectivity index (χ0v) is 27.3. The van der Waals surface area contributed by atoms with Gasteiger partial charge in [0.1, 0.15) is 12.4 Å². The Morgan fingerprint density at radius 3 is 2.69 bits per heavy atom. The van der Waals surface area contributed by atoms with Crippen molar-refractivity contribution in [2.24, 2.45) is 5.92 Å². The second-order valence-corrected chi connectivity index (χ2v) is 14.5. The van der Waals surface area contributed by atoms with Gasteiger partial charge in [-0.15, -0.1) is 0 Å². The Labute approximate surface area is 268 Å². The first-order valence-electron chi connectivity index (χ1n) is 17.0. The summed E-state index contributed by atoms with van der Waals surface area (Å²) in [6, 6.07) is 6.75. The van der Waals surface area contributed by atoms with E-state index < -0.39 is 6.10 Å². The molecule has 0 bridgehead atoms. The summed E-state index contributed by atoms with van der Waals surface area (Å²) in [6.45, 7) is 13.8.